The van der Waals surface area contributed by atoms with Gasteiger partial charge in [0.1, 0.15) is 0 Å². The van der Waals surface area contributed by atoms with E-state index in [0.29, 0.717) is 5.41 Å². The van der Waals surface area contributed by atoms with Crippen molar-refractivity contribution in [3.8, 4) is 0 Å². The van der Waals surface area contributed by atoms with E-state index >= 15 is 0 Å². The van der Waals surface area contributed by atoms with Crippen LogP contribution in [-0.4, -0.2) is 18.1 Å². The van der Waals surface area contributed by atoms with E-state index in [1.54, 1.807) is 0 Å². The normalized spacial score (nSPS) is 18.3. The van der Waals surface area contributed by atoms with Gasteiger partial charge in [0.25, 0.3) is 0 Å². The van der Waals surface area contributed by atoms with Gasteiger partial charge >= 0.3 is 0 Å². The highest BCUT2D eigenvalue weighted by atomic mass is 32.1. The van der Waals surface area contributed by atoms with Crippen LogP contribution in [0.3, 0.4) is 0 Å². The van der Waals surface area contributed by atoms with Crippen LogP contribution in [0.4, 0.5) is 0 Å². The van der Waals surface area contributed by atoms with Gasteiger partial charge in [0.2, 0.25) is 0 Å². The molecular formula is C17H30N2S. The lowest BCUT2D eigenvalue weighted by Crippen LogP contribution is -2.42. The maximum Gasteiger partial charge on any atom is 0.0934 e. The summed E-state index contributed by atoms with van der Waals surface area (Å²) in [5.74, 6) is 0.736. The summed E-state index contributed by atoms with van der Waals surface area (Å²) >= 11 is 1.85. The molecule has 1 aliphatic rings. The van der Waals surface area contributed by atoms with Crippen LogP contribution in [0.25, 0.3) is 0 Å². The van der Waals surface area contributed by atoms with Crippen LogP contribution in [-0.2, 0) is 11.8 Å². The third kappa shape index (κ3) is 4.05. The molecule has 0 atom stereocenters. The minimum absolute atomic E-state index is 0.178. The molecule has 2 rings (SSSR count). The zero-order chi connectivity index (χ0) is 14.8. The third-order valence-corrected chi connectivity index (χ3v) is 5.16. The molecule has 1 aromatic rings. The molecule has 1 heterocycles. The van der Waals surface area contributed by atoms with Crippen LogP contribution < -0.4 is 5.32 Å². The number of rotatable bonds is 6. The van der Waals surface area contributed by atoms with E-state index in [1.165, 1.54) is 36.4 Å². The van der Waals surface area contributed by atoms with Crippen molar-refractivity contribution in [2.45, 2.75) is 65.7 Å². The monoisotopic (exact) mass is 294 g/mol. The average molecular weight is 295 g/mol. The summed E-state index contributed by atoms with van der Waals surface area (Å²) in [6, 6.07) is 0. The molecule has 0 spiro atoms. The second-order valence-corrected chi connectivity index (χ2v) is 8.87. The van der Waals surface area contributed by atoms with Gasteiger partial charge in [-0.25, -0.2) is 4.98 Å². The van der Waals surface area contributed by atoms with Gasteiger partial charge in [-0.3, -0.25) is 0 Å². The van der Waals surface area contributed by atoms with Crippen LogP contribution in [0, 0.1) is 11.3 Å². The van der Waals surface area contributed by atoms with E-state index in [4.69, 9.17) is 4.98 Å². The maximum atomic E-state index is 4.88. The Hall–Kier alpha value is -0.410. The number of nitrogens with zero attached hydrogens (tertiary/aromatic N) is 1. The fourth-order valence-corrected chi connectivity index (χ4v) is 3.97. The molecule has 1 aromatic heterocycles. The highest BCUT2D eigenvalue weighted by Crippen LogP contribution is 2.44. The van der Waals surface area contributed by atoms with Gasteiger partial charge in [-0.1, -0.05) is 41.0 Å². The molecule has 1 saturated carbocycles. The molecular weight excluding hydrogens is 264 g/mol. The lowest BCUT2D eigenvalue weighted by Gasteiger charge is -2.42. The van der Waals surface area contributed by atoms with E-state index in [9.17, 15) is 0 Å². The van der Waals surface area contributed by atoms with Gasteiger partial charge in [0.15, 0.2) is 0 Å². The van der Waals surface area contributed by atoms with Crippen LogP contribution >= 0.6 is 11.3 Å². The Balaban J connectivity index is 1.94. The zero-order valence-electron chi connectivity index (χ0n) is 13.8. The summed E-state index contributed by atoms with van der Waals surface area (Å²) in [5.41, 5.74) is 1.92. The Bertz CT molecular complexity index is 424. The molecule has 0 radical (unpaired) electrons. The van der Waals surface area contributed by atoms with E-state index in [2.05, 4.69) is 45.3 Å². The van der Waals surface area contributed by atoms with Crippen LogP contribution in [0.5, 0.6) is 0 Å². The summed E-state index contributed by atoms with van der Waals surface area (Å²) in [4.78, 5) is 4.88. The fourth-order valence-electron chi connectivity index (χ4n) is 2.78. The van der Waals surface area contributed by atoms with E-state index in [1.807, 2.05) is 11.3 Å². The van der Waals surface area contributed by atoms with Gasteiger partial charge in [-0.2, -0.15) is 0 Å². The summed E-state index contributed by atoms with van der Waals surface area (Å²) < 4.78 is 0. The minimum Gasteiger partial charge on any atom is -0.316 e. The predicted molar refractivity (Wildman–Crippen MR) is 88.5 cm³/mol. The van der Waals surface area contributed by atoms with Crippen molar-refractivity contribution in [1.29, 1.82) is 0 Å². The highest BCUT2D eigenvalue weighted by molar-refractivity contribution is 7.09. The van der Waals surface area contributed by atoms with Crippen molar-refractivity contribution in [3.05, 3.63) is 16.1 Å². The van der Waals surface area contributed by atoms with Crippen molar-refractivity contribution in [2.75, 3.05) is 13.1 Å². The first-order chi connectivity index (χ1) is 9.31. The first-order valence-electron chi connectivity index (χ1n) is 7.96. The van der Waals surface area contributed by atoms with Crippen LogP contribution in [0.1, 0.15) is 64.6 Å². The SMILES string of the molecule is CC(C)CNCC1(Cc2nc(C(C)(C)C)cs2)CCC1. The number of hydrogen-bond acceptors (Lipinski definition) is 3. The van der Waals surface area contributed by atoms with Crippen molar-refractivity contribution >= 4 is 11.3 Å². The molecule has 2 nitrogen and oxygen atoms in total. The molecule has 0 aliphatic heterocycles. The summed E-state index contributed by atoms with van der Waals surface area (Å²) in [6.45, 7) is 13.6. The van der Waals surface area contributed by atoms with Crippen LogP contribution in [0.15, 0.2) is 5.38 Å². The molecule has 114 valence electrons. The standard InChI is InChI=1S/C17H30N2S/c1-13(2)10-18-12-17(7-6-8-17)9-15-19-14(11-20-15)16(3,4)5/h11,13,18H,6-10,12H2,1-5H3. The maximum absolute atomic E-state index is 4.88. The fraction of sp³-hybridized carbons (Fsp3) is 0.824. The minimum atomic E-state index is 0.178. The van der Waals surface area contributed by atoms with E-state index < -0.39 is 0 Å². The first-order valence-corrected chi connectivity index (χ1v) is 8.84. The third-order valence-electron chi connectivity index (χ3n) is 4.31. The van der Waals surface area contributed by atoms with Gasteiger partial charge in [-0.15, -0.1) is 11.3 Å². The zero-order valence-corrected chi connectivity index (χ0v) is 14.6. The molecule has 0 aromatic carbocycles. The van der Waals surface area contributed by atoms with Crippen LogP contribution in [0.2, 0.25) is 0 Å². The molecule has 1 aliphatic carbocycles. The molecule has 0 bridgehead atoms. The molecule has 3 heteroatoms. The predicted octanol–water partition coefficient (Wildman–Crippen LogP) is 4.40. The van der Waals surface area contributed by atoms with Gasteiger partial charge in [0, 0.05) is 23.8 Å². The number of thiazole rings is 1. The number of aromatic nitrogens is 1. The van der Waals surface area contributed by atoms with Gasteiger partial charge in [0.05, 0.1) is 10.7 Å². The topological polar surface area (TPSA) is 24.9 Å². The summed E-state index contributed by atoms with van der Waals surface area (Å²) in [5, 5.41) is 7.25. The Kier molecular flexibility index (Phi) is 4.91. The van der Waals surface area contributed by atoms with Gasteiger partial charge < -0.3 is 5.32 Å². The van der Waals surface area contributed by atoms with Crippen molar-refractivity contribution in [2.24, 2.45) is 11.3 Å². The lowest BCUT2D eigenvalue weighted by atomic mass is 9.66. The van der Waals surface area contributed by atoms with Gasteiger partial charge in [-0.05, 0) is 30.7 Å². The molecule has 1 N–H and O–H groups in total. The molecule has 0 saturated heterocycles. The Morgan fingerprint density at radius 3 is 2.50 bits per heavy atom. The Labute approximate surface area is 128 Å². The van der Waals surface area contributed by atoms with E-state index in [0.717, 1.165) is 19.0 Å². The first kappa shape index (κ1) is 16.0. The summed E-state index contributed by atoms with van der Waals surface area (Å²) in [7, 11) is 0. The average Bonchev–Trinajstić information content (AvgIpc) is 2.73. The lowest BCUT2D eigenvalue weighted by molar-refractivity contribution is 0.128. The number of nitrogens with one attached hydrogen (secondary N) is 1. The quantitative estimate of drug-likeness (QED) is 0.841. The smallest absolute Gasteiger partial charge is 0.0934 e. The van der Waals surface area contributed by atoms with Crippen molar-refractivity contribution in [1.82, 2.24) is 10.3 Å². The van der Waals surface area contributed by atoms with Crippen molar-refractivity contribution in [3.63, 3.8) is 0 Å². The molecule has 0 amide bonds. The van der Waals surface area contributed by atoms with Crippen molar-refractivity contribution < 1.29 is 0 Å². The summed E-state index contributed by atoms with van der Waals surface area (Å²) in [6.07, 6.45) is 5.28. The Morgan fingerprint density at radius 1 is 1.35 bits per heavy atom. The molecule has 20 heavy (non-hydrogen) atoms. The molecule has 0 unspecified atom stereocenters. The second kappa shape index (κ2) is 6.15. The Morgan fingerprint density at radius 2 is 2.05 bits per heavy atom. The largest absolute Gasteiger partial charge is 0.316 e. The number of hydrogen-bond donors (Lipinski definition) is 1. The molecule has 1 fully saturated rings. The second-order valence-electron chi connectivity index (χ2n) is 7.93. The highest BCUT2D eigenvalue weighted by Gasteiger charge is 2.37. The van der Waals surface area contributed by atoms with E-state index in [-0.39, 0.29) is 5.41 Å².